The van der Waals surface area contributed by atoms with Gasteiger partial charge in [0, 0.05) is 12.0 Å². The molecule has 6 rings (SSSR count). The number of nitrogens with zero attached hydrogens (tertiary/aromatic N) is 2. The van der Waals surface area contributed by atoms with E-state index in [0.717, 1.165) is 33.6 Å². The summed E-state index contributed by atoms with van der Waals surface area (Å²) in [7, 11) is 1.59. The zero-order valence-electron chi connectivity index (χ0n) is 21.2. The van der Waals surface area contributed by atoms with Gasteiger partial charge in [-0.1, -0.05) is 42.5 Å². The highest BCUT2D eigenvalue weighted by Gasteiger charge is 2.48. The molecule has 4 aromatic rings. The van der Waals surface area contributed by atoms with Crippen molar-refractivity contribution < 1.29 is 24.2 Å². The highest BCUT2D eigenvalue weighted by Crippen LogP contribution is 2.45. The first-order chi connectivity index (χ1) is 18.4. The Balaban J connectivity index is 1.52. The van der Waals surface area contributed by atoms with Crippen LogP contribution in [0.5, 0.6) is 11.5 Å². The van der Waals surface area contributed by atoms with E-state index in [-0.39, 0.29) is 17.4 Å². The van der Waals surface area contributed by atoms with E-state index >= 15 is 0 Å². The van der Waals surface area contributed by atoms with E-state index in [4.69, 9.17) is 9.47 Å². The summed E-state index contributed by atoms with van der Waals surface area (Å²) < 4.78 is 12.0. The Labute approximate surface area is 224 Å². The molecule has 0 spiro atoms. The van der Waals surface area contributed by atoms with E-state index in [1.54, 1.807) is 25.3 Å². The van der Waals surface area contributed by atoms with Crippen LogP contribution >= 0.6 is 11.3 Å². The predicted octanol–water partition coefficient (Wildman–Crippen LogP) is 5.82. The molecule has 3 heterocycles. The second-order valence-electron chi connectivity index (χ2n) is 9.55. The summed E-state index contributed by atoms with van der Waals surface area (Å²) in [5, 5.41) is 11.9. The third kappa shape index (κ3) is 3.92. The first-order valence-electron chi connectivity index (χ1n) is 12.5. The zero-order chi connectivity index (χ0) is 26.6. The van der Waals surface area contributed by atoms with E-state index in [1.807, 2.05) is 49.4 Å². The van der Waals surface area contributed by atoms with Crippen LogP contribution < -0.4 is 14.4 Å². The molecule has 3 aromatic carbocycles. The third-order valence-electron chi connectivity index (χ3n) is 7.11. The van der Waals surface area contributed by atoms with E-state index in [9.17, 15) is 14.7 Å². The number of hydrogen-bond acceptors (Lipinski definition) is 7. The average Bonchev–Trinajstić information content (AvgIpc) is 3.60. The number of fused-ring (bicyclic) bond motifs is 2. The number of ether oxygens (including phenoxy) is 2. The maximum atomic E-state index is 13.5. The number of amides is 1. The van der Waals surface area contributed by atoms with Crippen molar-refractivity contribution in [3.05, 3.63) is 88.5 Å². The van der Waals surface area contributed by atoms with Crippen molar-refractivity contribution in [1.29, 1.82) is 0 Å². The van der Waals surface area contributed by atoms with Crippen molar-refractivity contribution in [1.82, 2.24) is 4.98 Å². The number of ketones is 1. The van der Waals surface area contributed by atoms with Crippen LogP contribution in [0.2, 0.25) is 0 Å². The molecular weight excluding hydrogens is 500 g/mol. The fourth-order valence-corrected chi connectivity index (χ4v) is 6.15. The molecule has 8 heteroatoms. The zero-order valence-corrected chi connectivity index (χ0v) is 22.0. The lowest BCUT2D eigenvalue weighted by Crippen LogP contribution is -2.29. The van der Waals surface area contributed by atoms with Gasteiger partial charge in [0.1, 0.15) is 23.4 Å². The van der Waals surface area contributed by atoms with Gasteiger partial charge in [-0.2, -0.15) is 0 Å². The monoisotopic (exact) mass is 526 g/mol. The number of aromatic nitrogens is 1. The second-order valence-corrected chi connectivity index (χ2v) is 10.6. The molecular formula is C30H26N2O5S. The third-order valence-corrected chi connectivity index (χ3v) is 8.13. The summed E-state index contributed by atoms with van der Waals surface area (Å²) in [6.07, 6.45) is 1.61. The number of aryl methyl sites for hydroxylation is 1. The van der Waals surface area contributed by atoms with Crippen LogP contribution in [0.3, 0.4) is 0 Å². The maximum Gasteiger partial charge on any atom is 0.301 e. The molecule has 38 heavy (non-hydrogen) atoms. The van der Waals surface area contributed by atoms with Crippen molar-refractivity contribution in [2.24, 2.45) is 0 Å². The van der Waals surface area contributed by atoms with E-state index in [2.05, 4.69) is 11.9 Å². The Bertz CT molecular complexity index is 1620. The van der Waals surface area contributed by atoms with Crippen molar-refractivity contribution in [3.8, 4) is 11.5 Å². The number of aliphatic hydroxyl groups excluding tert-OH is 1. The van der Waals surface area contributed by atoms with E-state index in [0.29, 0.717) is 28.4 Å². The van der Waals surface area contributed by atoms with Gasteiger partial charge in [0.2, 0.25) is 0 Å². The summed E-state index contributed by atoms with van der Waals surface area (Å²) in [6, 6.07) is 17.8. The molecule has 2 aliphatic heterocycles. The van der Waals surface area contributed by atoms with Gasteiger partial charge in [-0.3, -0.25) is 14.5 Å². The van der Waals surface area contributed by atoms with Gasteiger partial charge in [-0.25, -0.2) is 4.98 Å². The summed E-state index contributed by atoms with van der Waals surface area (Å²) in [4.78, 5) is 33.2. The van der Waals surface area contributed by atoms with Crippen LogP contribution in [0.4, 0.5) is 5.13 Å². The van der Waals surface area contributed by atoms with E-state index < -0.39 is 17.7 Å². The molecule has 2 aliphatic rings. The Hall–Kier alpha value is -4.17. The molecule has 0 bridgehead atoms. The lowest BCUT2D eigenvalue weighted by molar-refractivity contribution is -0.132. The highest BCUT2D eigenvalue weighted by atomic mass is 32.1. The summed E-state index contributed by atoms with van der Waals surface area (Å²) in [6.45, 7) is 4.05. The van der Waals surface area contributed by atoms with E-state index in [1.165, 1.54) is 16.2 Å². The minimum atomic E-state index is -0.827. The summed E-state index contributed by atoms with van der Waals surface area (Å²) >= 11 is 1.30. The van der Waals surface area contributed by atoms with Gasteiger partial charge in [-0.15, -0.1) is 0 Å². The topological polar surface area (TPSA) is 89.0 Å². The van der Waals surface area contributed by atoms with Crippen LogP contribution in [0.1, 0.15) is 42.1 Å². The van der Waals surface area contributed by atoms with Crippen LogP contribution in [-0.4, -0.2) is 35.0 Å². The second kappa shape index (κ2) is 9.29. The smallest absolute Gasteiger partial charge is 0.301 e. The minimum Gasteiger partial charge on any atom is -0.507 e. The van der Waals surface area contributed by atoms with Crippen LogP contribution in [0, 0.1) is 0 Å². The van der Waals surface area contributed by atoms with Gasteiger partial charge in [-0.05, 0) is 66.4 Å². The van der Waals surface area contributed by atoms with Crippen LogP contribution in [0.25, 0.3) is 16.0 Å². The van der Waals surface area contributed by atoms with Gasteiger partial charge >= 0.3 is 5.91 Å². The van der Waals surface area contributed by atoms with Gasteiger partial charge in [0.05, 0.1) is 28.9 Å². The fraction of sp³-hybridized carbons (Fsp3) is 0.233. The summed E-state index contributed by atoms with van der Waals surface area (Å²) in [5.74, 6) is -0.225. The number of benzene rings is 3. The van der Waals surface area contributed by atoms with Crippen molar-refractivity contribution in [3.63, 3.8) is 0 Å². The molecule has 1 N–H and O–H groups in total. The van der Waals surface area contributed by atoms with Crippen molar-refractivity contribution in [2.75, 3.05) is 12.0 Å². The Morgan fingerprint density at radius 1 is 1.13 bits per heavy atom. The lowest BCUT2D eigenvalue weighted by Gasteiger charge is -2.23. The Morgan fingerprint density at radius 2 is 1.92 bits per heavy atom. The lowest BCUT2D eigenvalue weighted by atomic mass is 9.94. The molecule has 1 saturated heterocycles. The molecule has 1 fully saturated rings. The molecule has 1 amide bonds. The van der Waals surface area contributed by atoms with Crippen LogP contribution in [-0.2, 0) is 22.4 Å². The van der Waals surface area contributed by atoms with Crippen LogP contribution in [0.15, 0.2) is 66.2 Å². The quantitative estimate of drug-likeness (QED) is 0.200. The molecule has 0 unspecified atom stereocenters. The number of Topliss-reactive ketones (excluding diaryl/α,β-unsaturated/α-hetero) is 1. The SMILES string of the molecule is CCc1ccc([C@@H]2/C(=C(\O)c3ccc4c(c3)C[C@H](C)O4)C(=O)C(=O)N2c2nc3ccc(OC)cc3s2)cc1. The number of aliphatic hydroxyl groups is 1. The first-order valence-corrected chi connectivity index (χ1v) is 13.3. The number of carbonyl (C=O) groups excluding carboxylic acids is 2. The maximum absolute atomic E-state index is 13.5. The summed E-state index contributed by atoms with van der Waals surface area (Å²) in [5.41, 5.74) is 4.02. The average molecular weight is 527 g/mol. The largest absolute Gasteiger partial charge is 0.507 e. The number of carbonyl (C=O) groups is 2. The normalized spacial score (nSPS) is 20.1. The number of methoxy groups -OCH3 is 1. The number of hydrogen-bond donors (Lipinski definition) is 1. The Morgan fingerprint density at radius 3 is 2.66 bits per heavy atom. The number of anilines is 1. The van der Waals surface area contributed by atoms with Crippen molar-refractivity contribution >= 4 is 44.1 Å². The molecule has 0 aliphatic carbocycles. The number of thiazole rings is 1. The molecule has 192 valence electrons. The van der Waals surface area contributed by atoms with Gasteiger partial charge in [0.15, 0.2) is 5.13 Å². The number of rotatable bonds is 5. The van der Waals surface area contributed by atoms with Gasteiger partial charge in [0.25, 0.3) is 5.78 Å². The Kier molecular flexibility index (Phi) is 5.91. The molecule has 7 nitrogen and oxygen atoms in total. The molecule has 2 atom stereocenters. The fourth-order valence-electron chi connectivity index (χ4n) is 5.13. The minimum absolute atomic E-state index is 0.0442. The molecule has 0 radical (unpaired) electrons. The predicted molar refractivity (Wildman–Crippen MR) is 147 cm³/mol. The first kappa shape index (κ1) is 24.2. The van der Waals surface area contributed by atoms with Gasteiger partial charge < -0.3 is 14.6 Å². The standard InChI is InChI=1S/C30H26N2O5S/c1-4-17-5-7-18(8-6-17)26-25(27(33)19-9-12-23-20(14-19)13-16(2)37-23)28(34)29(35)32(26)30-31-22-11-10-21(36-3)15-24(22)38-30/h5-12,14-16,26,33H,4,13H2,1-3H3/b27-25+/t16-,26+/m0/s1. The molecule has 1 aromatic heterocycles. The van der Waals surface area contributed by atoms with Crippen molar-refractivity contribution in [2.45, 2.75) is 38.8 Å². The molecule has 0 saturated carbocycles. The highest BCUT2D eigenvalue weighted by molar-refractivity contribution is 7.22.